The van der Waals surface area contributed by atoms with Gasteiger partial charge in [-0.05, 0) is 91.9 Å². The van der Waals surface area contributed by atoms with Gasteiger partial charge in [-0.1, -0.05) is 13.8 Å². The van der Waals surface area contributed by atoms with Crippen LogP contribution in [0.15, 0.2) is 0 Å². The number of nitrogens with one attached hydrogen (secondary N) is 4. The van der Waals surface area contributed by atoms with Gasteiger partial charge in [0.05, 0.1) is 0 Å². The molecular weight excluding hydrogens is 408 g/mol. The Morgan fingerprint density at radius 2 is 1.00 bits per heavy atom. The molecule has 0 spiro atoms. The first-order chi connectivity index (χ1) is 14.7. The Hall–Kier alpha value is -1.54. The minimum atomic E-state index is -0.717. The molecule has 6 atom stereocenters. The maximum absolute atomic E-state index is 12.1. The summed E-state index contributed by atoms with van der Waals surface area (Å²) < 4.78 is 0. The first-order valence-corrected chi connectivity index (χ1v) is 12.2. The van der Waals surface area contributed by atoms with E-state index in [0.29, 0.717) is 23.9 Å². The molecule has 0 bridgehead atoms. The fraction of sp³-hybridized carbons (Fsp3) is 0.917. The van der Waals surface area contributed by atoms with Gasteiger partial charge in [0.1, 0.15) is 0 Å². The van der Waals surface area contributed by atoms with E-state index in [9.17, 15) is 9.59 Å². The van der Waals surface area contributed by atoms with E-state index in [4.69, 9.17) is 9.78 Å². The largest absolute Gasteiger partial charge is 0.450 e. The van der Waals surface area contributed by atoms with Gasteiger partial charge in [-0.25, -0.2) is 19.4 Å². The summed E-state index contributed by atoms with van der Waals surface area (Å²) in [5, 5.41) is 13.0. The highest BCUT2D eigenvalue weighted by molar-refractivity contribution is 5.71. The number of rotatable bonds is 4. The molecule has 2 saturated carbocycles. The van der Waals surface area contributed by atoms with Crippen molar-refractivity contribution >= 4 is 12.2 Å². The van der Waals surface area contributed by atoms with Crippen LogP contribution in [0, 0.1) is 11.8 Å². The molecule has 32 heavy (non-hydrogen) atoms. The van der Waals surface area contributed by atoms with Crippen molar-refractivity contribution in [3.05, 3.63) is 0 Å². The predicted octanol–water partition coefficient (Wildman–Crippen LogP) is 4.24. The summed E-state index contributed by atoms with van der Waals surface area (Å²) in [5.41, 5.74) is 0.148. The Morgan fingerprint density at radius 3 is 1.28 bits per heavy atom. The maximum atomic E-state index is 12.1. The summed E-state index contributed by atoms with van der Waals surface area (Å²) in [5.74, 6) is 0.616. The van der Waals surface area contributed by atoms with Crippen LogP contribution in [0.4, 0.5) is 9.59 Å². The van der Waals surface area contributed by atoms with Crippen molar-refractivity contribution < 1.29 is 19.4 Å². The lowest BCUT2D eigenvalue weighted by Gasteiger charge is -2.38. The quantitative estimate of drug-likeness (QED) is 0.374. The second-order valence-electron chi connectivity index (χ2n) is 12.0. The molecule has 2 fully saturated rings. The van der Waals surface area contributed by atoms with Gasteiger partial charge in [-0.2, -0.15) is 0 Å². The van der Waals surface area contributed by atoms with Gasteiger partial charge in [0, 0.05) is 35.2 Å². The van der Waals surface area contributed by atoms with Crippen LogP contribution in [0.25, 0.3) is 0 Å². The molecule has 0 aromatic heterocycles. The molecule has 8 heteroatoms. The summed E-state index contributed by atoms with van der Waals surface area (Å²) in [4.78, 5) is 33.8. The molecule has 186 valence electrons. The summed E-state index contributed by atoms with van der Waals surface area (Å²) in [6.45, 7) is 17.2. The van der Waals surface area contributed by atoms with Gasteiger partial charge < -0.3 is 21.3 Å². The Bertz CT molecular complexity index is 574. The zero-order valence-corrected chi connectivity index (χ0v) is 21.3. The van der Waals surface area contributed by atoms with E-state index in [1.807, 2.05) is 0 Å². The number of hydrogen-bond donors (Lipinski definition) is 4. The van der Waals surface area contributed by atoms with Crippen molar-refractivity contribution in [1.29, 1.82) is 0 Å². The number of carbonyl (C=O) groups excluding carboxylic acids is 2. The van der Waals surface area contributed by atoms with E-state index < -0.39 is 12.2 Å². The molecule has 6 unspecified atom stereocenters. The van der Waals surface area contributed by atoms with Crippen LogP contribution < -0.4 is 21.3 Å². The number of carbonyl (C=O) groups is 2. The SMILES string of the molecule is CC1CC(NC(C)(C)C)CCC1NC(=O)OOC(=O)NC1CCC(NC(C)(C)C)CC1C. The molecule has 2 rings (SSSR count). The lowest BCUT2D eigenvalue weighted by molar-refractivity contribution is -0.180. The summed E-state index contributed by atoms with van der Waals surface area (Å²) in [6.07, 6.45) is 4.22. The average molecular weight is 455 g/mol. The first kappa shape index (κ1) is 26.7. The molecular formula is C24H46N4O4. The standard InChI is InChI=1S/C24H46N4O4/c1-15-13-17(27-23(3,4)5)9-11-19(15)25-21(29)31-32-22(30)26-20-12-10-18(14-16(20)2)28-24(6,7)8/h15-20,27-28H,9-14H2,1-8H3,(H,25,29)(H,26,30). The molecule has 0 aromatic carbocycles. The topological polar surface area (TPSA) is 101 Å². The van der Waals surface area contributed by atoms with Gasteiger partial charge in [-0.15, -0.1) is 0 Å². The Balaban J connectivity index is 1.67. The molecule has 2 amide bonds. The fourth-order valence-corrected chi connectivity index (χ4v) is 5.13. The zero-order chi connectivity index (χ0) is 24.1. The van der Waals surface area contributed by atoms with E-state index in [1.54, 1.807) is 0 Å². The van der Waals surface area contributed by atoms with Crippen LogP contribution in [0.2, 0.25) is 0 Å². The van der Waals surface area contributed by atoms with E-state index in [2.05, 4.69) is 76.7 Å². The maximum Gasteiger partial charge on any atom is 0.450 e. The minimum absolute atomic E-state index is 0.0118. The van der Waals surface area contributed by atoms with Crippen LogP contribution in [-0.4, -0.2) is 47.4 Å². The highest BCUT2D eigenvalue weighted by atomic mass is 17.2. The third kappa shape index (κ3) is 9.53. The second kappa shape index (κ2) is 11.1. The third-order valence-electron chi connectivity index (χ3n) is 6.41. The lowest BCUT2D eigenvalue weighted by Crippen LogP contribution is -2.51. The summed E-state index contributed by atoms with van der Waals surface area (Å²) >= 11 is 0. The lowest BCUT2D eigenvalue weighted by atomic mass is 9.82. The molecule has 0 heterocycles. The summed E-state index contributed by atoms with van der Waals surface area (Å²) in [7, 11) is 0. The van der Waals surface area contributed by atoms with Gasteiger partial charge in [-0.3, -0.25) is 0 Å². The minimum Gasteiger partial charge on any atom is -0.315 e. The van der Waals surface area contributed by atoms with Crippen molar-refractivity contribution in [2.75, 3.05) is 0 Å². The Kier molecular flexibility index (Phi) is 9.23. The van der Waals surface area contributed by atoms with Crippen LogP contribution in [0.5, 0.6) is 0 Å². The molecule has 8 nitrogen and oxygen atoms in total. The summed E-state index contributed by atoms with van der Waals surface area (Å²) in [6, 6.07) is 0.907. The highest BCUT2D eigenvalue weighted by Crippen LogP contribution is 2.27. The molecule has 2 aliphatic rings. The van der Waals surface area contributed by atoms with Crippen molar-refractivity contribution in [1.82, 2.24) is 21.3 Å². The molecule has 2 aliphatic carbocycles. The normalized spacial score (nSPS) is 31.5. The number of amides is 2. The van der Waals surface area contributed by atoms with E-state index in [-0.39, 0.29) is 23.2 Å². The van der Waals surface area contributed by atoms with Gasteiger partial charge in [0.25, 0.3) is 0 Å². The molecule has 4 N–H and O–H groups in total. The zero-order valence-electron chi connectivity index (χ0n) is 21.3. The van der Waals surface area contributed by atoms with Crippen LogP contribution >= 0.6 is 0 Å². The van der Waals surface area contributed by atoms with Crippen molar-refractivity contribution in [2.24, 2.45) is 11.8 Å². The monoisotopic (exact) mass is 454 g/mol. The highest BCUT2D eigenvalue weighted by Gasteiger charge is 2.32. The van der Waals surface area contributed by atoms with E-state index >= 15 is 0 Å². The molecule has 0 saturated heterocycles. The van der Waals surface area contributed by atoms with Crippen molar-refractivity contribution in [3.63, 3.8) is 0 Å². The predicted molar refractivity (Wildman–Crippen MR) is 126 cm³/mol. The van der Waals surface area contributed by atoms with E-state index in [0.717, 1.165) is 38.5 Å². The molecule has 0 aliphatic heterocycles. The fourth-order valence-electron chi connectivity index (χ4n) is 5.13. The van der Waals surface area contributed by atoms with Crippen LogP contribution in [-0.2, 0) is 9.78 Å². The van der Waals surface area contributed by atoms with Crippen molar-refractivity contribution in [2.45, 2.75) is 129 Å². The first-order valence-electron chi connectivity index (χ1n) is 12.2. The average Bonchev–Trinajstić information content (AvgIpc) is 2.62. The van der Waals surface area contributed by atoms with Gasteiger partial charge in [0.15, 0.2) is 0 Å². The Morgan fingerprint density at radius 1 is 0.656 bits per heavy atom. The molecule has 0 radical (unpaired) electrons. The molecule has 0 aromatic rings. The van der Waals surface area contributed by atoms with E-state index in [1.165, 1.54) is 0 Å². The number of hydrogen-bond acceptors (Lipinski definition) is 6. The van der Waals surface area contributed by atoms with Crippen LogP contribution in [0.1, 0.15) is 93.9 Å². The Labute approximate surface area is 194 Å². The van der Waals surface area contributed by atoms with Crippen LogP contribution in [0.3, 0.4) is 0 Å². The van der Waals surface area contributed by atoms with Gasteiger partial charge in [0.2, 0.25) is 0 Å². The third-order valence-corrected chi connectivity index (χ3v) is 6.41. The van der Waals surface area contributed by atoms with Gasteiger partial charge >= 0.3 is 12.2 Å². The second-order valence-corrected chi connectivity index (χ2v) is 12.0. The smallest absolute Gasteiger partial charge is 0.315 e. The van der Waals surface area contributed by atoms with Crippen molar-refractivity contribution in [3.8, 4) is 0 Å².